The van der Waals surface area contributed by atoms with Gasteiger partial charge in [-0.3, -0.25) is 9.59 Å². The average Bonchev–Trinajstić information content (AvgIpc) is 3.30. The van der Waals surface area contributed by atoms with E-state index < -0.39 is 0 Å². The molecule has 0 fully saturated rings. The number of halogens is 2. The Labute approximate surface area is 204 Å². The molecule has 4 aromatic rings. The molecule has 164 valence electrons. The van der Waals surface area contributed by atoms with Crippen LogP contribution in [-0.4, -0.2) is 11.6 Å². The van der Waals surface area contributed by atoms with Crippen LogP contribution in [-0.2, 0) is 0 Å². The summed E-state index contributed by atoms with van der Waals surface area (Å²) < 4.78 is 0. The number of Topliss-reactive ketones (excluding diaryl/α,β-unsaturated/α-hetero) is 2. The summed E-state index contributed by atoms with van der Waals surface area (Å²) in [5.74, 6) is -0.0626. The van der Waals surface area contributed by atoms with Crippen molar-refractivity contribution < 1.29 is 9.59 Å². The fraction of sp³-hybridized carbons (Fsp3) is 0.0667. The lowest BCUT2D eigenvalue weighted by Crippen LogP contribution is -2.01. The van der Waals surface area contributed by atoms with Gasteiger partial charge in [0.05, 0.1) is 0 Å². The molecule has 0 aliphatic heterocycles. The summed E-state index contributed by atoms with van der Waals surface area (Å²) in [5, 5.41) is 10.6. The normalized spacial score (nSPS) is 12.0. The number of carbonyl (C=O) groups excluding carboxylic acids is 2. The smallest absolute Gasteiger partial charge is 0.160 e. The van der Waals surface area contributed by atoms with Gasteiger partial charge in [0, 0.05) is 42.8 Å². The maximum atomic E-state index is 12.6. The number of hydrogen-bond acceptors (Lipinski definition) is 2. The van der Waals surface area contributed by atoms with E-state index in [0.29, 0.717) is 21.2 Å². The number of benzene rings is 4. The average molecular weight is 481 g/mol. The zero-order valence-corrected chi connectivity index (χ0v) is 20.1. The minimum atomic E-state index is -0.0313. The molecule has 0 bridgehead atoms. The van der Waals surface area contributed by atoms with E-state index in [9.17, 15) is 9.59 Å². The minimum Gasteiger partial charge on any atom is -0.294 e. The lowest BCUT2D eigenvalue weighted by molar-refractivity contribution is 0.1000. The number of rotatable bonds is 4. The molecule has 0 radical (unpaired) electrons. The van der Waals surface area contributed by atoms with E-state index in [4.69, 9.17) is 23.2 Å². The van der Waals surface area contributed by atoms with Crippen LogP contribution in [0.5, 0.6) is 0 Å². The lowest BCUT2D eigenvalue weighted by atomic mass is 10.00. The molecule has 0 saturated heterocycles. The highest BCUT2D eigenvalue weighted by molar-refractivity contribution is 6.49. The van der Waals surface area contributed by atoms with Crippen LogP contribution < -0.4 is 0 Å². The summed E-state index contributed by atoms with van der Waals surface area (Å²) in [5.41, 5.74) is 2.92. The predicted octanol–water partition coefficient (Wildman–Crippen LogP) is 7.44. The van der Waals surface area contributed by atoms with E-state index in [1.807, 2.05) is 24.3 Å². The van der Waals surface area contributed by atoms with E-state index in [2.05, 4.69) is 25.3 Å². The van der Waals surface area contributed by atoms with Crippen molar-refractivity contribution in [3.05, 3.63) is 126 Å². The van der Waals surface area contributed by atoms with Crippen molar-refractivity contribution in [2.24, 2.45) is 0 Å². The van der Waals surface area contributed by atoms with Crippen molar-refractivity contribution in [2.45, 2.75) is 13.8 Å². The Kier molecular flexibility index (Phi) is 4.36. The molecule has 0 unspecified atom stereocenters. The monoisotopic (exact) mass is 480 g/mol. The fourth-order valence-electron chi connectivity index (χ4n) is 5.69. The van der Waals surface area contributed by atoms with Crippen molar-refractivity contribution in [1.82, 2.24) is 0 Å². The van der Waals surface area contributed by atoms with Crippen molar-refractivity contribution in [3.8, 4) is 0 Å². The van der Waals surface area contributed by atoms with Crippen LogP contribution in [0, 0.1) is 41.7 Å². The summed E-state index contributed by atoms with van der Waals surface area (Å²) in [6, 6.07) is 15.6. The van der Waals surface area contributed by atoms with E-state index in [0.717, 1.165) is 63.6 Å². The number of ketones is 2. The second kappa shape index (κ2) is 7.02. The van der Waals surface area contributed by atoms with E-state index in [1.165, 1.54) is 0 Å². The third kappa shape index (κ3) is 2.53. The summed E-state index contributed by atoms with van der Waals surface area (Å²) in [7, 11) is 0. The van der Waals surface area contributed by atoms with Crippen molar-refractivity contribution in [1.29, 1.82) is 0 Å². The molecule has 0 heterocycles. The number of carbonyl (C=O) groups is 2. The van der Waals surface area contributed by atoms with Gasteiger partial charge in [0.1, 0.15) is 0 Å². The number of fused-ring (bicyclic) bond motifs is 2. The maximum absolute atomic E-state index is 12.6. The fourth-order valence-corrected chi connectivity index (χ4v) is 6.01. The molecule has 2 aliphatic carbocycles. The molecule has 0 atom stereocenters. The van der Waals surface area contributed by atoms with Gasteiger partial charge < -0.3 is 0 Å². The van der Waals surface area contributed by atoms with Crippen molar-refractivity contribution in [3.63, 3.8) is 0 Å². The molecule has 6 rings (SSSR count). The van der Waals surface area contributed by atoms with Gasteiger partial charge in [0.25, 0.3) is 0 Å². The topological polar surface area (TPSA) is 34.1 Å². The largest absolute Gasteiger partial charge is 0.294 e. The second-order valence-corrected chi connectivity index (χ2v) is 9.73. The molecule has 34 heavy (non-hydrogen) atoms. The Morgan fingerprint density at radius 2 is 0.794 bits per heavy atom. The molecule has 0 N–H and O–H groups in total. The minimum absolute atomic E-state index is 0.0313. The van der Waals surface area contributed by atoms with Crippen LogP contribution in [0.4, 0.5) is 0 Å². The molecule has 4 heteroatoms. The molecule has 0 saturated carbocycles. The first-order valence-corrected chi connectivity index (χ1v) is 11.6. The molecule has 2 aliphatic rings. The summed E-state index contributed by atoms with van der Waals surface area (Å²) >= 11 is 12.9. The summed E-state index contributed by atoms with van der Waals surface area (Å²) in [4.78, 5) is 25.2. The quantitative estimate of drug-likeness (QED) is 0.245. The Morgan fingerprint density at radius 3 is 1.06 bits per heavy atom. The summed E-state index contributed by atoms with van der Waals surface area (Å²) in [6.07, 6.45) is 0. The van der Waals surface area contributed by atoms with E-state index >= 15 is 0 Å². The van der Waals surface area contributed by atoms with E-state index in [-0.39, 0.29) is 11.6 Å². The first-order chi connectivity index (χ1) is 16.2. The van der Waals surface area contributed by atoms with Crippen LogP contribution in [0.25, 0.3) is 20.8 Å². The van der Waals surface area contributed by atoms with Crippen molar-refractivity contribution >= 4 is 55.6 Å². The van der Waals surface area contributed by atoms with Gasteiger partial charge in [-0.1, -0.05) is 84.9 Å². The SMILES string of the molecule is C=C(Cl)c1ccc(C(=C)Cl)c2c1=c1ccc3c4c(ccc=2c14)=c1c(C(C)=O)ccc(C(C)=O)c1=3. The van der Waals surface area contributed by atoms with Gasteiger partial charge in [0.15, 0.2) is 11.6 Å². The van der Waals surface area contributed by atoms with Gasteiger partial charge in [-0.05, 0) is 55.9 Å². The molecular weight excluding hydrogens is 463 g/mol. The third-order valence-corrected chi connectivity index (χ3v) is 7.40. The van der Waals surface area contributed by atoms with Crippen LogP contribution >= 0.6 is 23.2 Å². The zero-order valence-electron chi connectivity index (χ0n) is 18.6. The molecule has 0 aromatic heterocycles. The highest BCUT2D eigenvalue weighted by Crippen LogP contribution is 2.35. The third-order valence-electron chi connectivity index (χ3n) is 6.99. The predicted molar refractivity (Wildman–Crippen MR) is 137 cm³/mol. The van der Waals surface area contributed by atoms with Gasteiger partial charge in [-0.15, -0.1) is 0 Å². The van der Waals surface area contributed by atoms with Gasteiger partial charge in [0.2, 0.25) is 0 Å². The van der Waals surface area contributed by atoms with Crippen LogP contribution in [0.3, 0.4) is 0 Å². The first-order valence-electron chi connectivity index (χ1n) is 10.9. The molecule has 2 nitrogen and oxygen atoms in total. The van der Waals surface area contributed by atoms with Crippen LogP contribution in [0.15, 0.2) is 61.7 Å². The maximum Gasteiger partial charge on any atom is 0.160 e. The van der Waals surface area contributed by atoms with Crippen LogP contribution in [0.2, 0.25) is 0 Å². The molecular formula is C30H18Cl2O2. The Morgan fingerprint density at radius 1 is 0.529 bits per heavy atom. The highest BCUT2D eigenvalue weighted by Gasteiger charge is 2.20. The standard InChI is InChI=1S/C30H18Cl2O2/c1-13(31)17-5-6-18(14(2)32)26-22-10-12-24-28-20(16(4)34)8-7-19(15(3)33)27(28)23-11-9-21(25(17)26)29(22)30(23)24/h5-12H,1-2H2,3-4H3. The molecule has 4 aromatic carbocycles. The Bertz CT molecular complexity index is 1820. The van der Waals surface area contributed by atoms with Gasteiger partial charge in [-0.25, -0.2) is 0 Å². The Balaban J connectivity index is 2.08. The zero-order chi connectivity index (χ0) is 24.0. The summed E-state index contributed by atoms with van der Waals surface area (Å²) in [6.45, 7) is 11.1. The molecule has 0 amide bonds. The first kappa shape index (κ1) is 21.1. The Hall–Kier alpha value is -3.46. The van der Waals surface area contributed by atoms with Crippen molar-refractivity contribution in [2.75, 3.05) is 0 Å². The lowest BCUT2D eigenvalue weighted by Gasteiger charge is -2.05. The second-order valence-electron chi connectivity index (χ2n) is 8.81. The van der Waals surface area contributed by atoms with Gasteiger partial charge >= 0.3 is 0 Å². The van der Waals surface area contributed by atoms with E-state index in [1.54, 1.807) is 26.0 Å². The van der Waals surface area contributed by atoms with Gasteiger partial charge in [-0.2, -0.15) is 0 Å². The highest BCUT2D eigenvalue weighted by atomic mass is 35.5. The molecule has 0 spiro atoms. The van der Waals surface area contributed by atoms with Crippen LogP contribution in [0.1, 0.15) is 45.7 Å². The number of hydrogen-bond donors (Lipinski definition) is 0.